The smallest absolute Gasteiger partial charge is 0.258 e. The first-order chi connectivity index (χ1) is 17.7. The van der Waals surface area contributed by atoms with E-state index in [0.717, 1.165) is 0 Å². The fraction of sp³-hybridized carbons (Fsp3) is 0.733. The zero-order chi connectivity index (χ0) is 31.5. The van der Waals surface area contributed by atoms with Crippen LogP contribution in [-0.4, -0.2) is 49.9 Å². The third kappa shape index (κ3) is 9.94. The van der Waals surface area contributed by atoms with Gasteiger partial charge in [-0.25, -0.2) is 0 Å². The average molecular weight is 615 g/mol. The first kappa shape index (κ1) is 36.2. The molecule has 0 aromatic carbocycles. The molecule has 1 heterocycles. The lowest BCUT2D eigenvalue weighted by molar-refractivity contribution is -0.133. The lowest BCUT2D eigenvalue weighted by Gasteiger charge is -2.41. The van der Waals surface area contributed by atoms with Gasteiger partial charge in [0.15, 0.2) is 18.3 Å². The number of rotatable bonds is 13. The summed E-state index contributed by atoms with van der Waals surface area (Å²) in [5.74, 6) is 0.738. The Morgan fingerprint density at radius 1 is 0.650 bits per heavy atom. The molecule has 0 amide bonds. The van der Waals surface area contributed by atoms with Crippen molar-refractivity contribution in [2.75, 3.05) is 6.61 Å². The van der Waals surface area contributed by atoms with Crippen molar-refractivity contribution in [1.82, 2.24) is 0 Å². The molecule has 0 aromatic rings. The number of hydrogen-bond acceptors (Lipinski definition) is 7. The molecule has 1 aliphatic heterocycles. The fourth-order valence-corrected chi connectivity index (χ4v) is 5.66. The molecule has 0 bridgehead atoms. The maximum atomic E-state index is 6.32. The molecule has 1 aliphatic rings. The van der Waals surface area contributed by atoms with Gasteiger partial charge in [0, 0.05) is 0 Å². The maximum Gasteiger partial charge on any atom is 0.258 e. The Morgan fingerprint density at radius 2 is 1.02 bits per heavy atom. The highest BCUT2D eigenvalue weighted by atomic mass is 28.4. The third-order valence-electron chi connectivity index (χ3n) is 8.68. The lowest BCUT2D eigenvalue weighted by Crippen LogP contribution is -2.48. The second-order valence-corrected chi connectivity index (χ2v) is 29.4. The van der Waals surface area contributed by atoms with Gasteiger partial charge in [-0.05, 0) is 80.2 Å². The van der Waals surface area contributed by atoms with E-state index in [-0.39, 0.29) is 39.6 Å². The van der Waals surface area contributed by atoms with E-state index >= 15 is 0 Å². The van der Waals surface area contributed by atoms with E-state index in [1.807, 2.05) is 0 Å². The van der Waals surface area contributed by atoms with Gasteiger partial charge in [0.2, 0.25) is 0 Å². The van der Waals surface area contributed by atoms with Crippen LogP contribution in [0.3, 0.4) is 0 Å². The van der Waals surface area contributed by atoms with Crippen LogP contribution in [0, 0.1) is 0 Å². The van der Waals surface area contributed by atoms with E-state index in [4.69, 9.17) is 32.2 Å². The normalized spacial score (nSPS) is 20.6. The van der Waals surface area contributed by atoms with Gasteiger partial charge in [0.1, 0.15) is 6.61 Å². The minimum absolute atomic E-state index is 0.00705. The molecule has 40 heavy (non-hydrogen) atoms. The summed E-state index contributed by atoms with van der Waals surface area (Å²) < 4.78 is 43.3. The quantitative estimate of drug-likeness (QED) is 0.151. The summed E-state index contributed by atoms with van der Waals surface area (Å²) in [6.07, 6.45) is 1.58. The summed E-state index contributed by atoms with van der Waals surface area (Å²) in [4.78, 5) is 0. The van der Waals surface area contributed by atoms with Gasteiger partial charge < -0.3 is 32.2 Å². The Bertz CT molecular complexity index is 934. The molecule has 0 radical (unpaired) electrons. The molecule has 0 aromatic heterocycles. The minimum atomic E-state index is -2.18. The Labute approximate surface area is 248 Å². The number of ether oxygens (including phenoxy) is 4. The van der Waals surface area contributed by atoms with Crippen LogP contribution in [0.15, 0.2) is 49.9 Å². The average Bonchev–Trinajstić information content (AvgIpc) is 2.70. The SMILES string of the molecule is C=C(OC[C@H]1OC=C[C@@H](OC(=C)O[Si](C)(C)C(C)(C)C)[C@@H]1OC(=C)O[Si](C)(C)C(C)(C)C)O[Si](C)(C)C(C)(C)C. The summed E-state index contributed by atoms with van der Waals surface area (Å²) in [7, 11) is -6.44. The summed E-state index contributed by atoms with van der Waals surface area (Å²) in [5.41, 5.74) is 0. The van der Waals surface area contributed by atoms with Gasteiger partial charge >= 0.3 is 0 Å². The van der Waals surface area contributed by atoms with Crippen molar-refractivity contribution in [3.05, 3.63) is 49.9 Å². The Hall–Kier alpha value is -1.79. The van der Waals surface area contributed by atoms with Crippen LogP contribution >= 0.6 is 0 Å². The minimum Gasteiger partial charge on any atom is -0.519 e. The molecule has 0 saturated heterocycles. The van der Waals surface area contributed by atoms with Crippen LogP contribution < -0.4 is 0 Å². The van der Waals surface area contributed by atoms with E-state index in [0.29, 0.717) is 0 Å². The van der Waals surface area contributed by atoms with Gasteiger partial charge in [0.05, 0.1) is 6.26 Å². The topological polar surface area (TPSA) is 64.6 Å². The molecule has 0 fully saturated rings. The Balaban J connectivity index is 3.14. The van der Waals surface area contributed by atoms with Crippen LogP contribution in [0.5, 0.6) is 0 Å². The van der Waals surface area contributed by atoms with E-state index in [9.17, 15) is 0 Å². The van der Waals surface area contributed by atoms with E-state index in [2.05, 4.69) is 121 Å². The molecule has 10 heteroatoms. The highest BCUT2D eigenvalue weighted by molar-refractivity contribution is 6.75. The van der Waals surface area contributed by atoms with Gasteiger partial charge in [-0.2, -0.15) is 0 Å². The van der Waals surface area contributed by atoms with Crippen molar-refractivity contribution in [2.24, 2.45) is 0 Å². The molecule has 0 spiro atoms. The molecular formula is C30H58O7Si3. The second kappa shape index (κ2) is 12.6. The molecule has 3 atom stereocenters. The Morgan fingerprint density at radius 3 is 1.43 bits per heavy atom. The molecule has 0 aliphatic carbocycles. The zero-order valence-electron chi connectivity index (χ0n) is 28.1. The summed E-state index contributed by atoms with van der Waals surface area (Å²) in [6.45, 7) is 44.7. The zero-order valence-corrected chi connectivity index (χ0v) is 31.1. The highest BCUT2D eigenvalue weighted by Crippen LogP contribution is 2.40. The van der Waals surface area contributed by atoms with Crippen molar-refractivity contribution >= 4 is 25.0 Å². The van der Waals surface area contributed by atoms with Crippen LogP contribution in [0.1, 0.15) is 62.3 Å². The monoisotopic (exact) mass is 614 g/mol. The van der Waals surface area contributed by atoms with Gasteiger partial charge in [-0.1, -0.05) is 62.3 Å². The largest absolute Gasteiger partial charge is 0.519 e. The molecule has 0 unspecified atom stereocenters. The van der Waals surface area contributed by atoms with Gasteiger partial charge in [-0.3, -0.25) is 0 Å². The van der Waals surface area contributed by atoms with Crippen molar-refractivity contribution in [3.8, 4) is 0 Å². The van der Waals surface area contributed by atoms with Crippen molar-refractivity contribution in [3.63, 3.8) is 0 Å². The summed E-state index contributed by atoms with van der Waals surface area (Å²) in [6, 6.07) is 0. The third-order valence-corrected chi connectivity index (χ3v) is 21.7. The first-order valence-corrected chi connectivity index (χ1v) is 22.8. The highest BCUT2D eigenvalue weighted by Gasteiger charge is 2.44. The van der Waals surface area contributed by atoms with Crippen molar-refractivity contribution in [2.45, 2.75) is 135 Å². The van der Waals surface area contributed by atoms with Gasteiger partial charge in [0.25, 0.3) is 42.8 Å². The molecule has 232 valence electrons. The van der Waals surface area contributed by atoms with Crippen LogP contribution in [0.2, 0.25) is 54.4 Å². The second-order valence-electron chi connectivity index (χ2n) is 15.2. The maximum absolute atomic E-state index is 6.32. The van der Waals surface area contributed by atoms with E-state index in [1.54, 1.807) is 12.3 Å². The summed E-state index contributed by atoms with van der Waals surface area (Å²) >= 11 is 0. The Kier molecular flexibility index (Phi) is 11.4. The van der Waals surface area contributed by atoms with Crippen LogP contribution in [-0.2, 0) is 32.2 Å². The summed E-state index contributed by atoms with van der Waals surface area (Å²) in [5, 5.41) is -0.0189. The van der Waals surface area contributed by atoms with E-state index < -0.39 is 43.3 Å². The molecular weight excluding hydrogens is 557 g/mol. The molecule has 1 rings (SSSR count). The van der Waals surface area contributed by atoms with Gasteiger partial charge in [-0.15, -0.1) is 0 Å². The van der Waals surface area contributed by atoms with E-state index in [1.165, 1.54) is 0 Å². The fourth-order valence-electron chi connectivity index (χ4n) is 2.87. The first-order valence-electron chi connectivity index (χ1n) is 14.1. The van der Waals surface area contributed by atoms with Crippen molar-refractivity contribution < 1.29 is 32.2 Å². The predicted octanol–water partition coefficient (Wildman–Crippen LogP) is 9.16. The molecule has 7 nitrogen and oxygen atoms in total. The standard InChI is InChI=1S/C30H58O7Si3/c1-22(35-38(13,14)28(4,5)6)32-21-26-27(34-24(3)37-40(17,18)30(10,11)12)25(19-20-31-26)33-23(2)36-39(15,16)29(7,8)9/h19-20,25-27H,1-3,21H2,4-18H3/t25-,26-,27+/m1/s1. The lowest BCUT2D eigenvalue weighted by atomic mass is 10.1. The number of hydrogen-bond donors (Lipinski definition) is 0. The van der Waals surface area contributed by atoms with Crippen molar-refractivity contribution in [1.29, 1.82) is 0 Å². The molecule has 0 N–H and O–H groups in total. The predicted molar refractivity (Wildman–Crippen MR) is 172 cm³/mol. The van der Waals surface area contributed by atoms with Crippen LogP contribution in [0.25, 0.3) is 0 Å². The van der Waals surface area contributed by atoms with Crippen LogP contribution in [0.4, 0.5) is 0 Å². The molecule has 0 saturated carbocycles.